The molecule has 0 unspecified atom stereocenters. The maximum Gasteiger partial charge on any atom is 0.387 e. The fraction of sp³-hybridized carbons (Fsp3) is 0.227. The van der Waals surface area contributed by atoms with Gasteiger partial charge in [0.25, 0.3) is 5.91 Å². The zero-order chi connectivity index (χ0) is 20.8. The van der Waals surface area contributed by atoms with Crippen LogP contribution in [0.3, 0.4) is 0 Å². The molecule has 0 fully saturated rings. The van der Waals surface area contributed by atoms with Gasteiger partial charge >= 0.3 is 6.61 Å². The van der Waals surface area contributed by atoms with E-state index in [4.69, 9.17) is 9.15 Å². The number of carbonyl (C=O) groups is 1. The van der Waals surface area contributed by atoms with Crippen molar-refractivity contribution in [2.75, 3.05) is 5.32 Å². The summed E-state index contributed by atoms with van der Waals surface area (Å²) < 4.78 is 40.1. The lowest BCUT2D eigenvalue weighted by atomic mass is 10.2. The van der Waals surface area contributed by atoms with E-state index in [-0.39, 0.29) is 18.1 Å². The highest BCUT2D eigenvalue weighted by Crippen LogP contribution is 2.24. The number of amides is 1. The summed E-state index contributed by atoms with van der Waals surface area (Å²) in [7, 11) is 0. The quantitative estimate of drug-likeness (QED) is 0.535. The van der Waals surface area contributed by atoms with E-state index >= 15 is 0 Å². The summed E-state index contributed by atoms with van der Waals surface area (Å²) in [5.41, 5.74) is 2.28. The summed E-state index contributed by atoms with van der Waals surface area (Å²) in [6.45, 7) is 1.05. The van der Waals surface area contributed by atoms with Gasteiger partial charge in [0.1, 0.15) is 23.9 Å². The highest BCUT2D eigenvalue weighted by molar-refractivity contribution is 6.02. The second-order valence-electron chi connectivity index (χ2n) is 6.36. The Bertz CT molecular complexity index is 967. The van der Waals surface area contributed by atoms with Crippen LogP contribution in [0.1, 0.15) is 34.4 Å². The van der Waals surface area contributed by atoms with Gasteiger partial charge in [-0.2, -0.15) is 8.78 Å². The van der Waals surface area contributed by atoms with Crippen molar-refractivity contribution in [3.05, 3.63) is 77.2 Å². The van der Waals surface area contributed by atoms with E-state index in [1.54, 1.807) is 19.1 Å². The molecule has 5 nitrogen and oxygen atoms in total. The van der Waals surface area contributed by atoms with Crippen molar-refractivity contribution in [1.29, 1.82) is 0 Å². The third-order valence-electron chi connectivity index (χ3n) is 4.27. The number of furan rings is 1. The van der Waals surface area contributed by atoms with Crippen LogP contribution in [-0.2, 0) is 13.0 Å². The molecule has 1 aromatic heterocycles. The molecule has 2 aromatic carbocycles. The van der Waals surface area contributed by atoms with Gasteiger partial charge in [-0.15, -0.1) is 0 Å². The van der Waals surface area contributed by atoms with Gasteiger partial charge in [0.2, 0.25) is 0 Å². The Morgan fingerprint density at radius 1 is 1.07 bits per heavy atom. The zero-order valence-electron chi connectivity index (χ0n) is 16.1. The first-order chi connectivity index (χ1) is 13.9. The molecule has 3 rings (SSSR count). The van der Waals surface area contributed by atoms with E-state index in [0.717, 1.165) is 6.42 Å². The molecule has 29 heavy (non-hydrogen) atoms. The van der Waals surface area contributed by atoms with Crippen LogP contribution in [0.15, 0.2) is 59.0 Å². The van der Waals surface area contributed by atoms with Crippen molar-refractivity contribution < 1.29 is 27.5 Å². The Balaban J connectivity index is 1.58. The van der Waals surface area contributed by atoms with Crippen molar-refractivity contribution >= 4 is 11.6 Å². The lowest BCUT2D eigenvalue weighted by molar-refractivity contribution is -0.0498. The number of benzene rings is 2. The number of hydrogen-bond donors (Lipinski definition) is 1. The molecule has 1 heterocycles. The highest BCUT2D eigenvalue weighted by atomic mass is 19.3. The number of hydrogen-bond acceptors (Lipinski definition) is 4. The second kappa shape index (κ2) is 9.23. The maximum atomic E-state index is 12.4. The molecule has 0 aliphatic rings. The molecule has 0 saturated carbocycles. The first kappa shape index (κ1) is 20.4. The van der Waals surface area contributed by atoms with Gasteiger partial charge in [-0.05, 0) is 66.9 Å². The van der Waals surface area contributed by atoms with Gasteiger partial charge < -0.3 is 19.2 Å². The number of aryl methyl sites for hydroxylation is 2. The van der Waals surface area contributed by atoms with Gasteiger partial charge in [-0.1, -0.05) is 19.1 Å². The molecule has 0 aliphatic heterocycles. The predicted octanol–water partition coefficient (Wildman–Crippen LogP) is 5.58. The number of anilines is 1. The zero-order valence-corrected chi connectivity index (χ0v) is 16.1. The van der Waals surface area contributed by atoms with E-state index in [0.29, 0.717) is 22.8 Å². The molecule has 0 bridgehead atoms. The number of carbonyl (C=O) groups excluding carboxylic acids is 1. The number of alkyl halides is 2. The molecule has 0 atom stereocenters. The first-order valence-electron chi connectivity index (χ1n) is 9.12. The fourth-order valence-electron chi connectivity index (χ4n) is 2.69. The van der Waals surface area contributed by atoms with Crippen molar-refractivity contribution in [2.24, 2.45) is 0 Å². The van der Waals surface area contributed by atoms with Crippen LogP contribution in [0.4, 0.5) is 14.5 Å². The van der Waals surface area contributed by atoms with Crippen molar-refractivity contribution in [1.82, 2.24) is 0 Å². The van der Waals surface area contributed by atoms with E-state index in [9.17, 15) is 13.6 Å². The minimum atomic E-state index is -2.90. The number of nitrogens with one attached hydrogen (secondary N) is 1. The van der Waals surface area contributed by atoms with Crippen molar-refractivity contribution in [3.63, 3.8) is 0 Å². The Labute approximate surface area is 167 Å². The summed E-state index contributed by atoms with van der Waals surface area (Å²) in [6.07, 6.45) is 0.957. The van der Waals surface area contributed by atoms with Gasteiger partial charge in [-0.3, -0.25) is 4.79 Å². The molecule has 0 radical (unpaired) electrons. The molecule has 152 valence electrons. The molecule has 1 amide bonds. The second-order valence-corrected chi connectivity index (χ2v) is 6.36. The number of rotatable bonds is 8. The summed E-state index contributed by atoms with van der Waals surface area (Å²) in [6, 6.07) is 15.3. The van der Waals surface area contributed by atoms with Gasteiger partial charge in [0.05, 0.1) is 0 Å². The maximum absolute atomic E-state index is 12.4. The van der Waals surface area contributed by atoms with Crippen LogP contribution < -0.4 is 14.8 Å². The number of ether oxygens (including phenoxy) is 2. The fourth-order valence-corrected chi connectivity index (χ4v) is 2.69. The Kier molecular flexibility index (Phi) is 6.49. The van der Waals surface area contributed by atoms with Gasteiger partial charge in [-0.25, -0.2) is 0 Å². The Morgan fingerprint density at radius 2 is 1.79 bits per heavy atom. The topological polar surface area (TPSA) is 60.7 Å². The lowest BCUT2D eigenvalue weighted by Gasteiger charge is -2.10. The van der Waals surface area contributed by atoms with E-state index in [2.05, 4.69) is 17.0 Å². The lowest BCUT2D eigenvalue weighted by Crippen LogP contribution is -2.12. The van der Waals surface area contributed by atoms with Crippen LogP contribution in [0.5, 0.6) is 11.5 Å². The monoisotopic (exact) mass is 401 g/mol. The molecule has 3 aromatic rings. The van der Waals surface area contributed by atoms with Crippen molar-refractivity contribution in [2.45, 2.75) is 33.5 Å². The minimum absolute atomic E-state index is 0.0277. The summed E-state index contributed by atoms with van der Waals surface area (Å²) >= 11 is 0. The highest BCUT2D eigenvalue weighted by Gasteiger charge is 2.14. The molecule has 7 heteroatoms. The van der Waals surface area contributed by atoms with Gasteiger partial charge in [0.15, 0.2) is 5.76 Å². The van der Waals surface area contributed by atoms with E-state index in [1.165, 1.54) is 23.8 Å². The Morgan fingerprint density at radius 3 is 2.45 bits per heavy atom. The van der Waals surface area contributed by atoms with Crippen LogP contribution in [-0.4, -0.2) is 12.5 Å². The van der Waals surface area contributed by atoms with Crippen LogP contribution in [0.25, 0.3) is 0 Å². The van der Waals surface area contributed by atoms with E-state index in [1.807, 2.05) is 24.3 Å². The van der Waals surface area contributed by atoms with Crippen LogP contribution >= 0.6 is 0 Å². The molecular formula is C22H21F2NO4. The first-order valence-corrected chi connectivity index (χ1v) is 9.12. The average Bonchev–Trinajstić information content (AvgIpc) is 3.17. The van der Waals surface area contributed by atoms with Crippen LogP contribution in [0, 0.1) is 6.92 Å². The van der Waals surface area contributed by atoms with Crippen molar-refractivity contribution in [3.8, 4) is 11.5 Å². The number of halogens is 2. The molecular weight excluding hydrogens is 380 g/mol. The van der Waals surface area contributed by atoms with Gasteiger partial charge in [0, 0.05) is 5.69 Å². The average molecular weight is 401 g/mol. The summed E-state index contributed by atoms with van der Waals surface area (Å²) in [5.74, 6) is 0.921. The van der Waals surface area contributed by atoms with Crippen LogP contribution in [0.2, 0.25) is 0 Å². The molecule has 1 N–H and O–H groups in total. The third kappa shape index (κ3) is 5.57. The predicted molar refractivity (Wildman–Crippen MR) is 105 cm³/mol. The smallest absolute Gasteiger partial charge is 0.387 e. The molecule has 0 aliphatic carbocycles. The Hall–Kier alpha value is -3.35. The standard InChI is InChI=1S/C22H21F2NO4/c1-3-15-4-6-16(7-5-15)27-13-18-9-11-20(28-18)21(26)25-19-10-8-17(12-14(19)2)29-22(23)24/h4-12,22H,3,13H2,1-2H3,(H,25,26). The minimum Gasteiger partial charge on any atom is -0.486 e. The normalized spacial score (nSPS) is 10.8. The third-order valence-corrected chi connectivity index (χ3v) is 4.27. The van der Waals surface area contributed by atoms with E-state index < -0.39 is 12.5 Å². The summed E-state index contributed by atoms with van der Waals surface area (Å²) in [4.78, 5) is 12.4. The molecule has 0 saturated heterocycles. The summed E-state index contributed by atoms with van der Waals surface area (Å²) in [5, 5.41) is 2.69. The molecule has 0 spiro atoms. The SMILES string of the molecule is CCc1ccc(OCc2ccc(C(=O)Nc3ccc(OC(F)F)cc3C)o2)cc1. The largest absolute Gasteiger partial charge is 0.486 e.